The summed E-state index contributed by atoms with van der Waals surface area (Å²) >= 11 is 4.97. The van der Waals surface area contributed by atoms with Crippen molar-refractivity contribution in [3.05, 3.63) is 80.0 Å². The van der Waals surface area contributed by atoms with Crippen LogP contribution in [-0.4, -0.2) is 37.1 Å². The summed E-state index contributed by atoms with van der Waals surface area (Å²) in [6.07, 6.45) is -1.24. The van der Waals surface area contributed by atoms with E-state index >= 15 is 0 Å². The molecule has 0 bridgehead atoms. The lowest BCUT2D eigenvalue weighted by Gasteiger charge is -2.38. The smallest absolute Gasteiger partial charge is 0.411 e. The minimum Gasteiger partial charge on any atom is -0.465 e. The molecule has 170 valence electrons. The number of thiophene rings is 1. The number of aliphatic hydroxyl groups is 1. The predicted octanol–water partition coefficient (Wildman–Crippen LogP) is 5.31. The average Bonchev–Trinajstić information content (AvgIpc) is 3.42. The van der Waals surface area contributed by atoms with Gasteiger partial charge >= 0.3 is 6.09 Å². The van der Waals surface area contributed by atoms with Gasteiger partial charge in [0.1, 0.15) is 0 Å². The Kier molecular flexibility index (Phi) is 5.95. The Morgan fingerprint density at radius 3 is 2.70 bits per heavy atom. The van der Waals surface area contributed by atoms with Crippen molar-refractivity contribution in [1.82, 2.24) is 14.9 Å². The number of hydrogen-bond donors (Lipinski definition) is 4. The number of anilines is 1. The van der Waals surface area contributed by atoms with Crippen LogP contribution in [0.5, 0.6) is 0 Å². The number of aromatic amines is 1. The summed E-state index contributed by atoms with van der Waals surface area (Å²) in [5.74, 6) is -0.189. The highest BCUT2D eigenvalue weighted by molar-refractivity contribution is 9.11. The van der Waals surface area contributed by atoms with Crippen molar-refractivity contribution in [2.45, 2.75) is 18.7 Å². The number of fused-ring (bicyclic) bond motifs is 2. The predicted molar refractivity (Wildman–Crippen MR) is 131 cm³/mol. The maximum absolute atomic E-state index is 13.5. The van der Waals surface area contributed by atoms with E-state index in [-0.39, 0.29) is 24.3 Å². The highest BCUT2D eigenvalue weighted by Crippen LogP contribution is 2.48. The van der Waals surface area contributed by atoms with Crippen molar-refractivity contribution in [2.75, 3.05) is 5.32 Å². The van der Waals surface area contributed by atoms with Crippen molar-refractivity contribution < 1.29 is 19.8 Å². The fourth-order valence-corrected chi connectivity index (χ4v) is 5.66. The van der Waals surface area contributed by atoms with E-state index in [4.69, 9.17) is 5.11 Å². The summed E-state index contributed by atoms with van der Waals surface area (Å²) in [5.41, 5.74) is 0.744. The maximum atomic E-state index is 13.5. The molecule has 2 atom stereocenters. The van der Waals surface area contributed by atoms with E-state index in [9.17, 15) is 14.7 Å². The molecule has 8 nitrogen and oxygen atoms in total. The Labute approximate surface area is 206 Å². The Morgan fingerprint density at radius 1 is 1.24 bits per heavy atom. The molecule has 0 saturated carbocycles. The van der Waals surface area contributed by atoms with Crippen molar-refractivity contribution >= 4 is 68.7 Å². The van der Waals surface area contributed by atoms with Gasteiger partial charge in [-0.05, 0) is 53.2 Å². The number of H-pyrrole nitrogens is 1. The Balaban J connectivity index is 0.00000259. The van der Waals surface area contributed by atoms with Gasteiger partial charge in [-0.1, -0.05) is 24.3 Å². The van der Waals surface area contributed by atoms with E-state index in [0.717, 1.165) is 8.66 Å². The highest BCUT2D eigenvalue weighted by atomic mass is 79.9. The van der Waals surface area contributed by atoms with Crippen LogP contribution in [0.2, 0.25) is 0 Å². The van der Waals surface area contributed by atoms with Crippen LogP contribution in [0.15, 0.2) is 58.4 Å². The molecule has 1 aliphatic heterocycles. The van der Waals surface area contributed by atoms with Gasteiger partial charge in [-0.2, -0.15) is 0 Å². The van der Waals surface area contributed by atoms with Gasteiger partial charge in [-0.3, -0.25) is 15.0 Å². The van der Waals surface area contributed by atoms with Gasteiger partial charge in [-0.25, -0.2) is 9.78 Å². The fraction of sp³-hybridized carbons (Fsp3) is 0.136. The minimum atomic E-state index is -1.72. The first-order valence-electron chi connectivity index (χ1n) is 9.70. The van der Waals surface area contributed by atoms with E-state index in [1.54, 1.807) is 42.5 Å². The van der Waals surface area contributed by atoms with Crippen molar-refractivity contribution in [2.24, 2.45) is 0 Å². The van der Waals surface area contributed by atoms with Crippen LogP contribution >= 0.6 is 39.7 Å². The molecule has 1 aliphatic rings. The third-order valence-corrected chi connectivity index (χ3v) is 7.40. The molecule has 3 heterocycles. The lowest BCUT2D eigenvalue weighted by atomic mass is 9.93. The molecule has 4 N–H and O–H groups in total. The maximum Gasteiger partial charge on any atom is 0.411 e. The largest absolute Gasteiger partial charge is 0.465 e. The third-order valence-electron chi connectivity index (χ3n) is 5.60. The molecule has 33 heavy (non-hydrogen) atoms. The van der Waals surface area contributed by atoms with E-state index in [2.05, 4.69) is 31.2 Å². The number of carbonyl (C=O) groups is 2. The average molecular weight is 550 g/mol. The minimum absolute atomic E-state index is 0. The molecule has 0 aliphatic carbocycles. The number of imidazole rings is 1. The van der Waals surface area contributed by atoms with Crippen molar-refractivity contribution in [1.29, 1.82) is 0 Å². The Bertz CT molecular complexity index is 1390. The van der Waals surface area contributed by atoms with Gasteiger partial charge < -0.3 is 15.2 Å². The van der Waals surface area contributed by atoms with Crippen LogP contribution in [-0.2, 0) is 5.72 Å². The summed E-state index contributed by atoms with van der Waals surface area (Å²) in [5, 5.41) is 23.3. The molecule has 5 rings (SSSR count). The summed E-state index contributed by atoms with van der Waals surface area (Å²) in [4.78, 5) is 33.9. The van der Waals surface area contributed by atoms with E-state index in [0.29, 0.717) is 27.7 Å². The first-order valence-corrected chi connectivity index (χ1v) is 11.3. The molecule has 0 saturated heterocycles. The summed E-state index contributed by atoms with van der Waals surface area (Å²) in [7, 11) is 0. The topological polar surface area (TPSA) is 119 Å². The summed E-state index contributed by atoms with van der Waals surface area (Å²) in [6.45, 7) is 1.89. The molecule has 2 unspecified atom stereocenters. The van der Waals surface area contributed by atoms with E-state index in [1.807, 2.05) is 19.1 Å². The van der Waals surface area contributed by atoms with Gasteiger partial charge in [0.15, 0.2) is 5.72 Å². The van der Waals surface area contributed by atoms with Crippen LogP contribution in [0.1, 0.15) is 39.3 Å². The van der Waals surface area contributed by atoms with Crippen LogP contribution in [0.3, 0.4) is 0 Å². The lowest BCUT2D eigenvalue weighted by Crippen LogP contribution is -2.45. The monoisotopic (exact) mass is 548 g/mol. The first kappa shape index (κ1) is 23.2. The quantitative estimate of drug-likeness (QED) is 0.275. The van der Waals surface area contributed by atoms with Crippen molar-refractivity contribution in [3.8, 4) is 0 Å². The molecule has 0 radical (unpaired) electrons. The molecular formula is C22H18BrClN4O4S. The summed E-state index contributed by atoms with van der Waals surface area (Å²) in [6, 6.07) is 15.5. The van der Waals surface area contributed by atoms with Gasteiger partial charge in [0.2, 0.25) is 5.95 Å². The lowest BCUT2D eigenvalue weighted by molar-refractivity contribution is -0.0670. The van der Waals surface area contributed by atoms with Crippen LogP contribution < -0.4 is 5.32 Å². The SMILES string of the molecule is CC(c1ccc(Br)s1)N1C(=O)c2ccccc2C1(O)c1ccc2nc(NC(=O)O)[nH]c2c1.Cl. The number of aromatic nitrogens is 2. The molecule has 4 aromatic rings. The number of halogens is 2. The summed E-state index contributed by atoms with van der Waals surface area (Å²) < 4.78 is 0.935. The molecule has 0 spiro atoms. The number of nitrogens with zero attached hydrogens (tertiary/aromatic N) is 2. The van der Waals surface area contributed by atoms with Crippen LogP contribution in [0, 0.1) is 0 Å². The number of rotatable bonds is 4. The molecule has 2 amide bonds. The third kappa shape index (κ3) is 3.68. The second kappa shape index (κ2) is 8.45. The number of amides is 2. The zero-order valence-electron chi connectivity index (χ0n) is 17.1. The van der Waals surface area contributed by atoms with Gasteiger partial charge in [0, 0.05) is 21.6 Å². The standard InChI is InChI=1S/C22H17BrN4O4S.ClH/c1-11(17-8-9-18(23)32-17)27-19(28)13-4-2-3-5-14(13)22(27,31)12-6-7-15-16(10-12)25-20(24-15)26-21(29)30;/h2-11,31H,1H3,(H,29,30)(H2,24,25,26);1H. The zero-order valence-corrected chi connectivity index (χ0v) is 20.3. The molecule has 2 aromatic carbocycles. The molecule has 0 fully saturated rings. The number of hydrogen-bond acceptors (Lipinski definition) is 5. The normalized spacial score (nSPS) is 18.2. The number of carboxylic acid groups (broad SMARTS) is 1. The number of carbonyl (C=O) groups excluding carboxylic acids is 1. The van der Waals surface area contributed by atoms with E-state index < -0.39 is 17.9 Å². The Hall–Kier alpha value is -2.92. The fourth-order valence-electron chi connectivity index (χ4n) is 4.20. The second-order valence-corrected chi connectivity index (χ2v) is 9.95. The molecule has 11 heteroatoms. The van der Waals surface area contributed by atoms with Gasteiger partial charge in [-0.15, -0.1) is 23.7 Å². The number of benzene rings is 2. The van der Waals surface area contributed by atoms with Crippen molar-refractivity contribution in [3.63, 3.8) is 0 Å². The first-order chi connectivity index (χ1) is 15.3. The molecule has 2 aromatic heterocycles. The zero-order chi connectivity index (χ0) is 22.6. The van der Waals surface area contributed by atoms with Gasteiger partial charge in [0.05, 0.1) is 20.9 Å². The van der Waals surface area contributed by atoms with Gasteiger partial charge in [0.25, 0.3) is 5.91 Å². The highest BCUT2D eigenvalue weighted by Gasteiger charge is 2.52. The Morgan fingerprint density at radius 2 is 2.00 bits per heavy atom. The van der Waals surface area contributed by atoms with Crippen LogP contribution in [0.25, 0.3) is 11.0 Å². The molecular weight excluding hydrogens is 532 g/mol. The second-order valence-electron chi connectivity index (χ2n) is 7.46. The van der Waals surface area contributed by atoms with Crippen LogP contribution in [0.4, 0.5) is 10.7 Å². The number of nitrogens with one attached hydrogen (secondary N) is 2. The van der Waals surface area contributed by atoms with E-state index in [1.165, 1.54) is 16.2 Å².